The number of hydrogen-bond donors (Lipinski definition) is 1. The van der Waals surface area contributed by atoms with Crippen molar-refractivity contribution in [2.75, 3.05) is 0 Å². The molecule has 0 amide bonds. The first kappa shape index (κ1) is 9.39. The lowest BCUT2D eigenvalue weighted by Crippen LogP contribution is -2.02. The van der Waals surface area contributed by atoms with E-state index in [1.165, 1.54) is 18.3 Å². The van der Waals surface area contributed by atoms with Gasteiger partial charge in [0.1, 0.15) is 0 Å². The Labute approximate surface area is 86.0 Å². The van der Waals surface area contributed by atoms with E-state index < -0.39 is 5.97 Å². The lowest BCUT2D eigenvalue weighted by atomic mass is 10.2. The van der Waals surface area contributed by atoms with Crippen molar-refractivity contribution in [1.29, 1.82) is 0 Å². The molecule has 0 aliphatic carbocycles. The van der Waals surface area contributed by atoms with Crippen molar-refractivity contribution in [3.63, 3.8) is 0 Å². The number of aryl methyl sites for hydroxylation is 1. The summed E-state index contributed by atoms with van der Waals surface area (Å²) in [5.41, 5.74) is 1.20. The maximum Gasteiger partial charge on any atom is 0.335 e. The van der Waals surface area contributed by atoms with Gasteiger partial charge in [-0.15, -0.1) is 0 Å². The number of rotatable bonds is 2. The van der Waals surface area contributed by atoms with E-state index >= 15 is 0 Å². The molecule has 0 atom stereocenters. The molecule has 5 heteroatoms. The van der Waals surface area contributed by atoms with E-state index in [1.807, 2.05) is 6.92 Å². The highest BCUT2D eigenvalue weighted by Crippen LogP contribution is 2.07. The summed E-state index contributed by atoms with van der Waals surface area (Å²) in [4.78, 5) is 14.8. The first-order valence-corrected chi connectivity index (χ1v) is 4.38. The molecular weight excluding hydrogens is 194 g/mol. The molecule has 0 radical (unpaired) electrons. The molecule has 0 spiro atoms. The Hall–Kier alpha value is -2.17. The highest BCUT2D eigenvalue weighted by Gasteiger charge is 2.05. The Balaban J connectivity index is 2.45. The number of pyridine rings is 1. The van der Waals surface area contributed by atoms with E-state index in [0.29, 0.717) is 5.82 Å². The van der Waals surface area contributed by atoms with Crippen molar-refractivity contribution < 1.29 is 9.90 Å². The van der Waals surface area contributed by atoms with E-state index in [0.717, 1.165) is 5.56 Å². The summed E-state index contributed by atoms with van der Waals surface area (Å²) in [6.07, 6.45) is 4.93. The van der Waals surface area contributed by atoms with Crippen molar-refractivity contribution >= 4 is 5.97 Å². The van der Waals surface area contributed by atoms with Crippen LogP contribution in [0.5, 0.6) is 0 Å². The van der Waals surface area contributed by atoms with Gasteiger partial charge in [-0.3, -0.25) is 0 Å². The second kappa shape index (κ2) is 3.53. The van der Waals surface area contributed by atoms with Crippen LogP contribution in [0.3, 0.4) is 0 Å². The Morgan fingerprint density at radius 2 is 2.33 bits per heavy atom. The monoisotopic (exact) mass is 203 g/mol. The van der Waals surface area contributed by atoms with E-state index in [1.54, 1.807) is 17.1 Å². The van der Waals surface area contributed by atoms with Gasteiger partial charge in [0.2, 0.25) is 0 Å². The Morgan fingerprint density at radius 3 is 2.93 bits per heavy atom. The molecule has 0 fully saturated rings. The van der Waals surface area contributed by atoms with E-state index in [2.05, 4.69) is 10.1 Å². The SMILES string of the molecule is Cc1cnn(-c2cc(C(=O)O)ccn2)c1. The number of aromatic carboxylic acids is 1. The molecule has 0 aliphatic heterocycles. The fraction of sp³-hybridized carbons (Fsp3) is 0.100. The third kappa shape index (κ3) is 1.85. The van der Waals surface area contributed by atoms with Crippen LogP contribution in [0.2, 0.25) is 0 Å². The summed E-state index contributed by atoms with van der Waals surface area (Å²) >= 11 is 0. The molecule has 0 aliphatic rings. The molecule has 0 bridgehead atoms. The zero-order valence-corrected chi connectivity index (χ0v) is 8.08. The molecule has 76 valence electrons. The molecule has 2 aromatic heterocycles. The summed E-state index contributed by atoms with van der Waals surface area (Å²) in [5, 5.41) is 12.9. The summed E-state index contributed by atoms with van der Waals surface area (Å²) in [6.45, 7) is 1.91. The topological polar surface area (TPSA) is 68.0 Å². The molecule has 0 saturated heterocycles. The number of carboxylic acids is 1. The second-order valence-electron chi connectivity index (χ2n) is 3.17. The summed E-state index contributed by atoms with van der Waals surface area (Å²) in [7, 11) is 0. The molecule has 1 N–H and O–H groups in total. The van der Waals surface area contributed by atoms with Crippen LogP contribution in [0.15, 0.2) is 30.7 Å². The van der Waals surface area contributed by atoms with Crippen molar-refractivity contribution in [1.82, 2.24) is 14.8 Å². The van der Waals surface area contributed by atoms with Crippen LogP contribution >= 0.6 is 0 Å². The maximum atomic E-state index is 10.7. The zero-order chi connectivity index (χ0) is 10.8. The van der Waals surface area contributed by atoms with Crippen LogP contribution < -0.4 is 0 Å². The van der Waals surface area contributed by atoms with Gasteiger partial charge < -0.3 is 5.11 Å². The molecule has 15 heavy (non-hydrogen) atoms. The van der Waals surface area contributed by atoms with Crippen LogP contribution in [0.4, 0.5) is 0 Å². The first-order valence-electron chi connectivity index (χ1n) is 4.38. The fourth-order valence-corrected chi connectivity index (χ4v) is 1.21. The minimum absolute atomic E-state index is 0.202. The van der Waals surface area contributed by atoms with E-state index in [9.17, 15) is 4.79 Å². The van der Waals surface area contributed by atoms with Crippen LogP contribution in [0, 0.1) is 6.92 Å². The average Bonchev–Trinajstić information content (AvgIpc) is 2.65. The fourth-order valence-electron chi connectivity index (χ4n) is 1.21. The molecule has 0 unspecified atom stereocenters. The number of nitrogens with zero attached hydrogens (tertiary/aromatic N) is 3. The van der Waals surface area contributed by atoms with Gasteiger partial charge in [0, 0.05) is 12.4 Å². The third-order valence-corrected chi connectivity index (χ3v) is 1.94. The van der Waals surface area contributed by atoms with Gasteiger partial charge in [-0.25, -0.2) is 14.5 Å². The number of aromatic nitrogens is 3. The van der Waals surface area contributed by atoms with Gasteiger partial charge in [-0.1, -0.05) is 0 Å². The summed E-state index contributed by atoms with van der Waals surface area (Å²) in [5.74, 6) is -0.467. The van der Waals surface area contributed by atoms with E-state index in [4.69, 9.17) is 5.11 Å². The van der Waals surface area contributed by atoms with Gasteiger partial charge in [-0.05, 0) is 24.6 Å². The van der Waals surface area contributed by atoms with E-state index in [-0.39, 0.29) is 5.56 Å². The van der Waals surface area contributed by atoms with Crippen LogP contribution in [0.1, 0.15) is 15.9 Å². The molecule has 0 saturated carbocycles. The minimum atomic E-state index is -0.970. The normalized spacial score (nSPS) is 10.2. The molecule has 2 rings (SSSR count). The molecular formula is C10H9N3O2. The van der Waals surface area contributed by atoms with Crippen LogP contribution in [-0.4, -0.2) is 25.8 Å². The molecule has 0 aromatic carbocycles. The van der Waals surface area contributed by atoms with Gasteiger partial charge in [-0.2, -0.15) is 5.10 Å². The Kier molecular flexibility index (Phi) is 2.21. The van der Waals surface area contributed by atoms with Crippen LogP contribution in [-0.2, 0) is 0 Å². The minimum Gasteiger partial charge on any atom is -0.478 e. The summed E-state index contributed by atoms with van der Waals surface area (Å²) in [6, 6.07) is 2.93. The predicted molar refractivity (Wildman–Crippen MR) is 53.1 cm³/mol. The summed E-state index contributed by atoms with van der Waals surface area (Å²) < 4.78 is 1.54. The smallest absolute Gasteiger partial charge is 0.335 e. The largest absolute Gasteiger partial charge is 0.478 e. The Morgan fingerprint density at radius 1 is 1.53 bits per heavy atom. The third-order valence-electron chi connectivity index (χ3n) is 1.94. The zero-order valence-electron chi connectivity index (χ0n) is 8.08. The number of hydrogen-bond acceptors (Lipinski definition) is 3. The van der Waals surface area contributed by atoms with Gasteiger partial charge in [0.25, 0.3) is 0 Å². The standard InChI is InChI=1S/C10H9N3O2/c1-7-5-12-13(6-7)9-4-8(10(14)15)2-3-11-9/h2-6H,1H3,(H,14,15). The van der Waals surface area contributed by atoms with Crippen molar-refractivity contribution in [2.24, 2.45) is 0 Å². The van der Waals surface area contributed by atoms with Crippen LogP contribution in [0.25, 0.3) is 5.82 Å². The number of carbonyl (C=O) groups is 1. The highest BCUT2D eigenvalue weighted by molar-refractivity contribution is 5.87. The first-order chi connectivity index (χ1) is 7.16. The maximum absolute atomic E-state index is 10.7. The Bertz CT molecular complexity index is 505. The van der Waals surface area contributed by atoms with Crippen molar-refractivity contribution in [2.45, 2.75) is 6.92 Å². The second-order valence-corrected chi connectivity index (χ2v) is 3.17. The van der Waals surface area contributed by atoms with Gasteiger partial charge in [0.05, 0.1) is 11.8 Å². The quantitative estimate of drug-likeness (QED) is 0.798. The predicted octanol–water partition coefficient (Wildman–Crippen LogP) is 1.27. The lowest BCUT2D eigenvalue weighted by molar-refractivity contribution is 0.0696. The molecule has 2 aromatic rings. The number of carboxylic acid groups (broad SMARTS) is 1. The van der Waals surface area contributed by atoms with Gasteiger partial charge in [0.15, 0.2) is 5.82 Å². The van der Waals surface area contributed by atoms with Crippen molar-refractivity contribution in [3.8, 4) is 5.82 Å². The lowest BCUT2D eigenvalue weighted by Gasteiger charge is -2.00. The van der Waals surface area contributed by atoms with Gasteiger partial charge >= 0.3 is 5.97 Å². The van der Waals surface area contributed by atoms with Crippen molar-refractivity contribution in [3.05, 3.63) is 41.9 Å². The molecule has 2 heterocycles. The molecule has 5 nitrogen and oxygen atoms in total. The highest BCUT2D eigenvalue weighted by atomic mass is 16.4. The average molecular weight is 203 g/mol.